The molecule has 1 aliphatic heterocycles. The first-order valence-electron chi connectivity index (χ1n) is 8.14. The van der Waals surface area contributed by atoms with Crippen LogP contribution in [0.1, 0.15) is 32.8 Å². The number of ether oxygens (including phenoxy) is 1. The monoisotopic (exact) mass is 354 g/mol. The van der Waals surface area contributed by atoms with Gasteiger partial charge in [-0.3, -0.25) is 4.79 Å². The Morgan fingerprint density at radius 2 is 1.75 bits per heavy atom. The summed E-state index contributed by atoms with van der Waals surface area (Å²) in [5.74, 6) is -0.478. The van der Waals surface area contributed by atoms with Crippen LogP contribution < -0.4 is 5.32 Å². The summed E-state index contributed by atoms with van der Waals surface area (Å²) in [5, 5.41) is 2.75. The van der Waals surface area contributed by atoms with Crippen LogP contribution in [-0.4, -0.2) is 50.7 Å². The van der Waals surface area contributed by atoms with Gasteiger partial charge in [-0.15, -0.1) is 0 Å². The Kier molecular flexibility index (Phi) is 6.01. The maximum atomic E-state index is 12.2. The third-order valence-corrected chi connectivity index (χ3v) is 5.86. The number of hydrogen-bond donors (Lipinski definition) is 1. The molecule has 1 N–H and O–H groups in total. The van der Waals surface area contributed by atoms with Gasteiger partial charge in [0.05, 0.1) is 19.0 Å². The normalized spacial score (nSPS) is 16.8. The Morgan fingerprint density at radius 3 is 2.29 bits per heavy atom. The Balaban J connectivity index is 1.87. The van der Waals surface area contributed by atoms with Crippen LogP contribution in [0.5, 0.6) is 0 Å². The third kappa shape index (κ3) is 5.29. The molecule has 1 aliphatic rings. The third-order valence-electron chi connectivity index (χ3n) is 3.99. The average Bonchev–Trinajstić information content (AvgIpc) is 2.54. The zero-order valence-corrected chi connectivity index (χ0v) is 15.4. The van der Waals surface area contributed by atoms with Crippen molar-refractivity contribution in [2.24, 2.45) is 0 Å². The van der Waals surface area contributed by atoms with Crippen molar-refractivity contribution in [1.82, 2.24) is 4.31 Å². The van der Waals surface area contributed by atoms with Crippen LogP contribution in [0.25, 0.3) is 0 Å². The number of nitrogens with zero attached hydrogens (tertiary/aromatic N) is 1. The van der Waals surface area contributed by atoms with Gasteiger partial charge in [0.15, 0.2) is 0 Å². The van der Waals surface area contributed by atoms with Gasteiger partial charge in [-0.2, -0.15) is 4.31 Å². The number of hydrogen-bond acceptors (Lipinski definition) is 4. The summed E-state index contributed by atoms with van der Waals surface area (Å²) in [6.45, 7) is 7.90. The summed E-state index contributed by atoms with van der Waals surface area (Å²) >= 11 is 0. The smallest absolute Gasteiger partial charge is 0.225 e. The lowest BCUT2D eigenvalue weighted by atomic mass is 9.87. The maximum absolute atomic E-state index is 12.2. The van der Waals surface area contributed by atoms with Gasteiger partial charge in [0.2, 0.25) is 15.9 Å². The summed E-state index contributed by atoms with van der Waals surface area (Å²) in [6.07, 6.45) is -0.0548. The van der Waals surface area contributed by atoms with Crippen LogP contribution in [0.2, 0.25) is 0 Å². The summed E-state index contributed by atoms with van der Waals surface area (Å²) in [4.78, 5) is 12.0. The summed E-state index contributed by atoms with van der Waals surface area (Å²) in [7, 11) is -3.40. The van der Waals surface area contributed by atoms with Crippen LogP contribution in [0.3, 0.4) is 0 Å². The summed E-state index contributed by atoms with van der Waals surface area (Å²) in [5.41, 5.74) is 1.90. The van der Waals surface area contributed by atoms with E-state index < -0.39 is 10.0 Å². The van der Waals surface area contributed by atoms with E-state index in [9.17, 15) is 13.2 Å². The standard InChI is InChI=1S/C17H26N2O4S/c1-17(2,3)14-4-6-15(7-5-14)18-16(20)8-13-24(21,22)19-9-11-23-12-10-19/h4-7H,8-13H2,1-3H3,(H,18,20). The number of carbonyl (C=O) groups is 1. The molecule has 1 amide bonds. The number of morpholine rings is 1. The lowest BCUT2D eigenvalue weighted by Gasteiger charge is -2.25. The molecule has 0 atom stereocenters. The highest BCUT2D eigenvalue weighted by Gasteiger charge is 2.24. The van der Waals surface area contributed by atoms with E-state index in [-0.39, 0.29) is 23.5 Å². The first kappa shape index (κ1) is 18.9. The number of nitrogens with one attached hydrogen (secondary N) is 1. The van der Waals surface area contributed by atoms with E-state index in [2.05, 4.69) is 26.1 Å². The number of anilines is 1. The fraction of sp³-hybridized carbons (Fsp3) is 0.588. The van der Waals surface area contributed by atoms with Gasteiger partial charge in [0.25, 0.3) is 0 Å². The molecule has 134 valence electrons. The fourth-order valence-electron chi connectivity index (χ4n) is 2.45. The molecule has 0 aliphatic carbocycles. The highest BCUT2D eigenvalue weighted by Crippen LogP contribution is 2.23. The maximum Gasteiger partial charge on any atom is 0.225 e. The first-order valence-corrected chi connectivity index (χ1v) is 9.75. The van der Waals surface area contributed by atoms with Gasteiger partial charge in [0, 0.05) is 25.2 Å². The molecule has 6 nitrogen and oxygen atoms in total. The highest BCUT2D eigenvalue weighted by molar-refractivity contribution is 7.89. The van der Waals surface area contributed by atoms with Crippen molar-refractivity contribution in [3.8, 4) is 0 Å². The fourth-order valence-corrected chi connectivity index (χ4v) is 3.86. The minimum atomic E-state index is -3.40. The van der Waals surface area contributed by atoms with Crippen molar-refractivity contribution in [3.05, 3.63) is 29.8 Å². The van der Waals surface area contributed by atoms with E-state index >= 15 is 0 Å². The predicted molar refractivity (Wildman–Crippen MR) is 94.6 cm³/mol. The molecule has 1 aromatic rings. The van der Waals surface area contributed by atoms with Crippen LogP contribution in [0.4, 0.5) is 5.69 Å². The average molecular weight is 354 g/mol. The van der Waals surface area contributed by atoms with Gasteiger partial charge in [0.1, 0.15) is 0 Å². The topological polar surface area (TPSA) is 75.7 Å². The molecule has 0 spiro atoms. The molecule has 0 radical (unpaired) electrons. The van der Waals surface area contributed by atoms with E-state index in [1.807, 2.05) is 24.3 Å². The second kappa shape index (κ2) is 7.63. The van der Waals surface area contributed by atoms with Crippen molar-refractivity contribution < 1.29 is 17.9 Å². The lowest BCUT2D eigenvalue weighted by molar-refractivity contribution is -0.115. The molecule has 0 unspecified atom stereocenters. The largest absolute Gasteiger partial charge is 0.379 e. The second-order valence-corrected chi connectivity index (χ2v) is 9.04. The van der Waals surface area contributed by atoms with Gasteiger partial charge in [-0.1, -0.05) is 32.9 Å². The van der Waals surface area contributed by atoms with Crippen molar-refractivity contribution in [3.63, 3.8) is 0 Å². The van der Waals surface area contributed by atoms with Crippen LogP contribution in [0, 0.1) is 0 Å². The Morgan fingerprint density at radius 1 is 1.17 bits per heavy atom. The van der Waals surface area contributed by atoms with Crippen molar-refractivity contribution in [2.45, 2.75) is 32.6 Å². The Bertz CT molecular complexity index is 657. The zero-order valence-electron chi connectivity index (χ0n) is 14.5. The van der Waals surface area contributed by atoms with Crippen molar-refractivity contribution in [2.75, 3.05) is 37.4 Å². The second-order valence-electron chi connectivity index (χ2n) is 6.95. The quantitative estimate of drug-likeness (QED) is 0.877. The number of amides is 1. The molecule has 1 fully saturated rings. The van der Waals surface area contributed by atoms with Gasteiger partial charge < -0.3 is 10.1 Å². The number of rotatable bonds is 5. The van der Waals surface area contributed by atoms with Crippen LogP contribution in [-0.2, 0) is 25.0 Å². The molecule has 7 heteroatoms. The molecular weight excluding hydrogens is 328 g/mol. The SMILES string of the molecule is CC(C)(C)c1ccc(NC(=O)CCS(=O)(=O)N2CCOCC2)cc1. The number of benzene rings is 1. The van der Waals surface area contributed by atoms with Gasteiger partial charge >= 0.3 is 0 Å². The van der Waals surface area contributed by atoms with Crippen LogP contribution in [0.15, 0.2) is 24.3 Å². The molecule has 1 heterocycles. The van der Waals surface area contributed by atoms with E-state index in [0.29, 0.717) is 32.0 Å². The zero-order chi connectivity index (χ0) is 17.8. The molecule has 0 saturated carbocycles. The Hall–Kier alpha value is -1.44. The van der Waals surface area contributed by atoms with E-state index in [1.165, 1.54) is 9.87 Å². The highest BCUT2D eigenvalue weighted by atomic mass is 32.2. The van der Waals surface area contributed by atoms with Crippen molar-refractivity contribution >= 4 is 21.6 Å². The minimum absolute atomic E-state index is 0.0504. The van der Waals surface area contributed by atoms with E-state index in [0.717, 1.165) is 0 Å². The van der Waals surface area contributed by atoms with Gasteiger partial charge in [-0.05, 0) is 23.1 Å². The van der Waals surface area contributed by atoms with E-state index in [4.69, 9.17) is 4.74 Å². The predicted octanol–water partition coefficient (Wildman–Crippen LogP) is 1.97. The molecule has 2 rings (SSSR count). The van der Waals surface area contributed by atoms with Crippen molar-refractivity contribution in [1.29, 1.82) is 0 Å². The first-order chi connectivity index (χ1) is 11.2. The molecule has 24 heavy (non-hydrogen) atoms. The molecular formula is C17H26N2O4S. The lowest BCUT2D eigenvalue weighted by Crippen LogP contribution is -2.42. The number of sulfonamides is 1. The molecule has 0 bridgehead atoms. The molecule has 1 aromatic carbocycles. The van der Waals surface area contributed by atoms with E-state index in [1.54, 1.807) is 0 Å². The molecule has 1 saturated heterocycles. The summed E-state index contributed by atoms with van der Waals surface area (Å²) < 4.78 is 30.9. The van der Waals surface area contributed by atoms with Gasteiger partial charge in [-0.25, -0.2) is 8.42 Å². The molecule has 0 aromatic heterocycles. The minimum Gasteiger partial charge on any atom is -0.379 e. The summed E-state index contributed by atoms with van der Waals surface area (Å²) in [6, 6.07) is 7.63. The Labute approximate surface area is 144 Å². The number of carbonyl (C=O) groups excluding carboxylic acids is 1. The van der Waals surface area contributed by atoms with Crippen LogP contribution >= 0.6 is 0 Å².